The van der Waals surface area contributed by atoms with Gasteiger partial charge in [0.2, 0.25) is 0 Å². The fraction of sp³-hybridized carbons (Fsp3) is 0.250. The summed E-state index contributed by atoms with van der Waals surface area (Å²) >= 11 is 0. The van der Waals surface area contributed by atoms with Gasteiger partial charge in [-0.3, -0.25) is 0 Å². The zero-order chi connectivity index (χ0) is 9.30. The number of aryl methyl sites for hydroxylation is 1. The van der Waals surface area contributed by atoms with Crippen LogP contribution in [0.1, 0.15) is 5.82 Å². The van der Waals surface area contributed by atoms with Crippen molar-refractivity contribution in [3.8, 4) is 0 Å². The van der Waals surface area contributed by atoms with Crippen molar-refractivity contribution in [2.45, 2.75) is 6.92 Å². The van der Waals surface area contributed by atoms with Crippen LogP contribution in [0.2, 0.25) is 0 Å². The number of hydrogen-bond donors (Lipinski definition) is 1. The molecule has 0 bridgehead atoms. The van der Waals surface area contributed by atoms with E-state index in [9.17, 15) is 20.2 Å². The molecule has 0 radical (unpaired) electrons. The van der Waals surface area contributed by atoms with Gasteiger partial charge in [0, 0.05) is 11.9 Å². The summed E-state index contributed by atoms with van der Waals surface area (Å²) in [7, 11) is 0. The molecule has 0 fully saturated rings. The highest BCUT2D eigenvalue weighted by Gasteiger charge is 2.29. The van der Waals surface area contributed by atoms with Crippen molar-refractivity contribution in [3.05, 3.63) is 26.1 Å². The van der Waals surface area contributed by atoms with E-state index >= 15 is 0 Å². The van der Waals surface area contributed by atoms with Crippen molar-refractivity contribution in [1.82, 2.24) is 9.97 Å². The zero-order valence-corrected chi connectivity index (χ0v) is 5.97. The number of nitrogens with zero attached hydrogens (tertiary/aromatic N) is 3. The minimum Gasteiger partial charge on any atom is -0.358 e. The summed E-state index contributed by atoms with van der Waals surface area (Å²) in [5, 5.41) is 20.3. The predicted molar refractivity (Wildman–Crippen MR) is 36.6 cm³/mol. The molecule has 0 unspecified atom stereocenters. The van der Waals surface area contributed by atoms with Crippen molar-refractivity contribution >= 4 is 11.6 Å². The van der Waals surface area contributed by atoms with Crippen LogP contribution in [-0.2, 0) is 0 Å². The molecular weight excluding hydrogens is 168 g/mol. The standard InChI is InChI=1S/C4H4N4O4/c1-2-5-3(7(9)10)4(6-2)8(11)12/h1H3,(H,5,6). The minimum absolute atomic E-state index is 0.147. The van der Waals surface area contributed by atoms with E-state index < -0.39 is 21.5 Å². The summed E-state index contributed by atoms with van der Waals surface area (Å²) in [5.74, 6) is -1.29. The molecule has 0 saturated heterocycles. The Morgan fingerprint density at radius 3 is 2.25 bits per heavy atom. The Morgan fingerprint density at radius 2 is 1.92 bits per heavy atom. The van der Waals surface area contributed by atoms with E-state index in [1.807, 2.05) is 0 Å². The van der Waals surface area contributed by atoms with Crippen LogP contribution in [0, 0.1) is 27.2 Å². The van der Waals surface area contributed by atoms with E-state index in [0.29, 0.717) is 0 Å². The Morgan fingerprint density at radius 1 is 1.33 bits per heavy atom. The average Bonchev–Trinajstić information content (AvgIpc) is 2.31. The molecule has 8 heteroatoms. The number of aromatic amines is 1. The quantitative estimate of drug-likeness (QED) is 0.516. The highest BCUT2D eigenvalue weighted by molar-refractivity contribution is 5.40. The number of nitrogens with one attached hydrogen (secondary N) is 1. The number of H-pyrrole nitrogens is 1. The van der Waals surface area contributed by atoms with Crippen LogP contribution in [0.5, 0.6) is 0 Å². The van der Waals surface area contributed by atoms with Crippen LogP contribution in [0.15, 0.2) is 0 Å². The lowest BCUT2D eigenvalue weighted by molar-refractivity contribution is -0.427. The van der Waals surface area contributed by atoms with Gasteiger partial charge in [0.25, 0.3) is 0 Å². The van der Waals surface area contributed by atoms with Crippen molar-refractivity contribution < 1.29 is 9.85 Å². The first kappa shape index (κ1) is 8.11. The molecular formula is C4H4N4O4. The fourth-order valence-electron chi connectivity index (χ4n) is 0.722. The molecule has 1 aromatic rings. The maximum absolute atomic E-state index is 10.2. The molecule has 1 rings (SSSR count). The summed E-state index contributed by atoms with van der Waals surface area (Å²) in [4.78, 5) is 24.1. The molecule has 0 aliphatic carbocycles. The lowest BCUT2D eigenvalue weighted by Gasteiger charge is -1.88. The zero-order valence-electron chi connectivity index (χ0n) is 5.97. The first-order chi connectivity index (χ1) is 5.52. The lowest BCUT2D eigenvalue weighted by atomic mass is 10.7. The fourth-order valence-corrected chi connectivity index (χ4v) is 0.722. The Balaban J connectivity index is 3.26. The molecule has 0 aromatic carbocycles. The van der Waals surface area contributed by atoms with Gasteiger partial charge in [-0.25, -0.2) is 0 Å². The number of hydrogen-bond acceptors (Lipinski definition) is 5. The molecule has 0 aliphatic rings. The van der Waals surface area contributed by atoms with E-state index in [0.717, 1.165) is 0 Å². The van der Waals surface area contributed by atoms with E-state index in [2.05, 4.69) is 9.97 Å². The molecule has 0 atom stereocenters. The van der Waals surface area contributed by atoms with Crippen LogP contribution in [0.4, 0.5) is 11.6 Å². The predicted octanol–water partition coefficient (Wildman–Crippen LogP) is 0.535. The Labute approximate surface area is 65.5 Å². The Hall–Kier alpha value is -1.99. The second kappa shape index (κ2) is 2.57. The first-order valence-electron chi connectivity index (χ1n) is 2.87. The third kappa shape index (κ3) is 1.21. The van der Waals surface area contributed by atoms with Crippen LogP contribution in [0.3, 0.4) is 0 Å². The normalized spacial score (nSPS) is 9.75. The van der Waals surface area contributed by atoms with Crippen LogP contribution >= 0.6 is 0 Å². The van der Waals surface area contributed by atoms with Crippen LogP contribution < -0.4 is 0 Å². The molecule has 1 aromatic heterocycles. The van der Waals surface area contributed by atoms with Gasteiger partial charge in [0.15, 0.2) is 0 Å². The van der Waals surface area contributed by atoms with Gasteiger partial charge in [-0.15, -0.1) is 0 Å². The number of aromatic nitrogens is 2. The molecule has 0 amide bonds. The summed E-state index contributed by atoms with van der Waals surface area (Å²) in [5.41, 5.74) is 0. The van der Waals surface area contributed by atoms with Crippen molar-refractivity contribution in [2.75, 3.05) is 0 Å². The van der Waals surface area contributed by atoms with Crippen molar-refractivity contribution in [3.63, 3.8) is 0 Å². The van der Waals surface area contributed by atoms with Crippen molar-refractivity contribution in [2.24, 2.45) is 0 Å². The topological polar surface area (TPSA) is 115 Å². The van der Waals surface area contributed by atoms with Gasteiger partial charge in [-0.1, -0.05) is 0 Å². The van der Waals surface area contributed by atoms with E-state index in [-0.39, 0.29) is 5.82 Å². The average molecular weight is 172 g/mol. The van der Waals surface area contributed by atoms with Crippen LogP contribution in [-0.4, -0.2) is 19.8 Å². The smallest absolute Gasteiger partial charge is 0.358 e. The first-order valence-corrected chi connectivity index (χ1v) is 2.87. The molecule has 64 valence electrons. The minimum atomic E-state index is -0.901. The summed E-state index contributed by atoms with van der Waals surface area (Å²) in [6.45, 7) is 1.40. The molecule has 0 aliphatic heterocycles. The Bertz CT molecular complexity index is 311. The molecule has 12 heavy (non-hydrogen) atoms. The van der Waals surface area contributed by atoms with Crippen LogP contribution in [0.25, 0.3) is 0 Å². The van der Waals surface area contributed by atoms with E-state index in [1.54, 1.807) is 0 Å². The van der Waals surface area contributed by atoms with Gasteiger partial charge >= 0.3 is 17.5 Å². The summed E-state index contributed by atoms with van der Waals surface area (Å²) in [6.07, 6.45) is 0. The Kier molecular flexibility index (Phi) is 1.73. The van der Waals surface area contributed by atoms with Gasteiger partial charge in [-0.2, -0.15) is 4.98 Å². The summed E-state index contributed by atoms with van der Waals surface area (Å²) in [6, 6.07) is 0. The molecule has 0 spiro atoms. The maximum atomic E-state index is 10.2. The number of imidazole rings is 1. The highest BCUT2D eigenvalue weighted by Crippen LogP contribution is 2.21. The molecule has 0 saturated carbocycles. The SMILES string of the molecule is Cc1nc([N+](=O)[O-])c([N+](=O)[O-])[nH]1. The molecule has 8 nitrogen and oxygen atoms in total. The van der Waals surface area contributed by atoms with Crippen molar-refractivity contribution in [1.29, 1.82) is 0 Å². The second-order valence-corrected chi connectivity index (χ2v) is 2.01. The highest BCUT2D eigenvalue weighted by atomic mass is 16.6. The van der Waals surface area contributed by atoms with E-state index in [4.69, 9.17) is 0 Å². The molecule has 1 heterocycles. The number of nitro groups is 2. The monoisotopic (exact) mass is 172 g/mol. The van der Waals surface area contributed by atoms with Gasteiger partial charge in [0.05, 0.1) is 0 Å². The van der Waals surface area contributed by atoms with Gasteiger partial charge < -0.3 is 20.2 Å². The van der Waals surface area contributed by atoms with E-state index in [1.165, 1.54) is 6.92 Å². The maximum Gasteiger partial charge on any atom is 0.462 e. The van der Waals surface area contributed by atoms with Gasteiger partial charge in [-0.05, 0) is 9.85 Å². The third-order valence-corrected chi connectivity index (χ3v) is 1.14. The molecule has 1 N–H and O–H groups in total. The lowest BCUT2D eigenvalue weighted by Crippen LogP contribution is -1.94. The summed E-state index contributed by atoms with van der Waals surface area (Å²) < 4.78 is 0. The van der Waals surface area contributed by atoms with Gasteiger partial charge in [0.1, 0.15) is 0 Å². The third-order valence-electron chi connectivity index (χ3n) is 1.14. The second-order valence-electron chi connectivity index (χ2n) is 2.01. The number of rotatable bonds is 2. The largest absolute Gasteiger partial charge is 0.462 e.